The van der Waals surface area contributed by atoms with E-state index in [0.29, 0.717) is 17.9 Å². The van der Waals surface area contributed by atoms with Gasteiger partial charge >= 0.3 is 0 Å². The molecule has 210 valence electrons. The fourth-order valence-electron chi connectivity index (χ4n) is 3.82. The smallest absolute Gasteiger partial charge is 0.204 e. The van der Waals surface area contributed by atoms with E-state index in [-0.39, 0.29) is 60.4 Å². The van der Waals surface area contributed by atoms with Crippen LogP contribution in [0.15, 0.2) is 48.5 Å². The van der Waals surface area contributed by atoms with Crippen LogP contribution >= 0.6 is 11.6 Å². The monoisotopic (exact) mass is 560 g/mol. The normalized spacial score (nSPS) is 10.8. The summed E-state index contributed by atoms with van der Waals surface area (Å²) in [5, 5.41) is 0.107. The van der Waals surface area contributed by atoms with E-state index in [1.54, 1.807) is 18.2 Å². The lowest BCUT2D eigenvalue weighted by Crippen LogP contribution is -2.16. The summed E-state index contributed by atoms with van der Waals surface area (Å²) in [6.07, 6.45) is 0. The second-order valence-electron chi connectivity index (χ2n) is 8.35. The van der Waals surface area contributed by atoms with Crippen LogP contribution in [0, 0.1) is 6.92 Å². The molecule has 3 aromatic rings. The summed E-state index contributed by atoms with van der Waals surface area (Å²) in [6, 6.07) is 14.8. The van der Waals surface area contributed by atoms with Gasteiger partial charge in [-0.05, 0) is 41.8 Å². The van der Waals surface area contributed by atoms with Gasteiger partial charge in [-0.15, -0.1) is 0 Å². The highest BCUT2D eigenvalue weighted by atomic mass is 35.5. The molecule has 0 saturated heterocycles. The maximum atomic E-state index is 14.4. The van der Waals surface area contributed by atoms with Gasteiger partial charge in [-0.3, -0.25) is 4.79 Å². The molecule has 0 aliphatic rings. The van der Waals surface area contributed by atoms with Crippen molar-refractivity contribution in [1.82, 2.24) is 0 Å². The Morgan fingerprint density at radius 2 is 1.33 bits per heavy atom. The quantitative estimate of drug-likeness (QED) is 0.165. The van der Waals surface area contributed by atoms with Gasteiger partial charge in [0.1, 0.15) is 27.8 Å². The van der Waals surface area contributed by atoms with Crippen LogP contribution in [0.25, 0.3) is 0 Å². The molecule has 0 aliphatic carbocycles. The van der Waals surface area contributed by atoms with Crippen molar-refractivity contribution in [3.05, 3.63) is 81.4 Å². The molecule has 0 N–H and O–H groups in total. The third-order valence-electron chi connectivity index (χ3n) is 5.51. The number of methoxy groups -OCH3 is 4. The molecular formula is C29H33ClO9. The van der Waals surface area contributed by atoms with Crippen LogP contribution in [0.5, 0.6) is 23.0 Å². The molecule has 10 heteroatoms. The lowest BCUT2D eigenvalue weighted by Gasteiger charge is -2.21. The van der Waals surface area contributed by atoms with Crippen molar-refractivity contribution < 1.29 is 42.7 Å². The molecule has 0 atom stereocenters. The van der Waals surface area contributed by atoms with Crippen molar-refractivity contribution in [3.8, 4) is 23.0 Å². The fourth-order valence-corrected chi connectivity index (χ4v) is 4.10. The van der Waals surface area contributed by atoms with Gasteiger partial charge < -0.3 is 37.9 Å². The molecule has 0 bridgehead atoms. The molecule has 3 rings (SSSR count). The van der Waals surface area contributed by atoms with E-state index in [1.165, 1.54) is 28.4 Å². The van der Waals surface area contributed by atoms with Gasteiger partial charge in [-0.1, -0.05) is 41.9 Å². The third kappa shape index (κ3) is 7.84. The van der Waals surface area contributed by atoms with E-state index >= 15 is 0 Å². The highest BCUT2D eigenvalue weighted by Gasteiger charge is 2.30. The number of hydrogen-bond acceptors (Lipinski definition) is 9. The molecule has 0 saturated carbocycles. The van der Waals surface area contributed by atoms with Crippen LogP contribution in [0.4, 0.5) is 0 Å². The van der Waals surface area contributed by atoms with E-state index in [4.69, 9.17) is 49.5 Å². The summed E-state index contributed by atoms with van der Waals surface area (Å²) in [5.74, 6) is 0.439. The predicted octanol–water partition coefficient (Wildman–Crippen LogP) is 5.55. The van der Waals surface area contributed by atoms with Crippen molar-refractivity contribution >= 4 is 17.4 Å². The summed E-state index contributed by atoms with van der Waals surface area (Å²) < 4.78 is 44.2. The van der Waals surface area contributed by atoms with Gasteiger partial charge in [-0.25, -0.2) is 0 Å². The largest absolute Gasteiger partial charge is 0.495 e. The Hall–Kier alpha value is -3.34. The Labute approximate surface area is 233 Å². The molecule has 0 aliphatic heterocycles. The van der Waals surface area contributed by atoms with E-state index in [9.17, 15) is 4.79 Å². The summed E-state index contributed by atoms with van der Waals surface area (Å²) in [6.45, 7) is 1.90. The molecule has 0 unspecified atom stereocenters. The van der Waals surface area contributed by atoms with Crippen molar-refractivity contribution in [3.63, 3.8) is 0 Å². The van der Waals surface area contributed by atoms with E-state index in [0.717, 1.165) is 11.1 Å². The number of carbonyl (C=O) groups is 1. The van der Waals surface area contributed by atoms with Gasteiger partial charge in [0.15, 0.2) is 26.1 Å². The number of halogens is 1. The second kappa shape index (κ2) is 15.3. The zero-order chi connectivity index (χ0) is 28.2. The highest BCUT2D eigenvalue weighted by molar-refractivity contribution is 6.34. The lowest BCUT2D eigenvalue weighted by molar-refractivity contribution is 0.0443. The zero-order valence-electron chi connectivity index (χ0n) is 22.7. The topological polar surface area (TPSA) is 90.9 Å². The van der Waals surface area contributed by atoms with Gasteiger partial charge in [0.25, 0.3) is 0 Å². The molecule has 0 radical (unpaired) electrons. The van der Waals surface area contributed by atoms with Crippen LogP contribution in [-0.2, 0) is 32.2 Å². The zero-order valence-corrected chi connectivity index (χ0v) is 23.5. The first-order valence-electron chi connectivity index (χ1n) is 12.0. The van der Waals surface area contributed by atoms with Crippen LogP contribution in [0.1, 0.15) is 32.6 Å². The lowest BCUT2D eigenvalue weighted by atomic mass is 9.95. The molecule has 0 amide bonds. The minimum absolute atomic E-state index is 0.0568. The minimum atomic E-state index is -0.471. The summed E-state index contributed by atoms with van der Waals surface area (Å²) in [5.41, 5.74) is 2.56. The Kier molecular flexibility index (Phi) is 11.9. The van der Waals surface area contributed by atoms with Gasteiger partial charge in [0.2, 0.25) is 5.78 Å². The van der Waals surface area contributed by atoms with Crippen molar-refractivity contribution in [2.45, 2.75) is 20.1 Å². The second-order valence-corrected chi connectivity index (χ2v) is 8.73. The molecule has 39 heavy (non-hydrogen) atoms. The van der Waals surface area contributed by atoms with Crippen molar-refractivity contribution in [2.24, 2.45) is 0 Å². The Morgan fingerprint density at radius 1 is 0.744 bits per heavy atom. The molecular weight excluding hydrogens is 528 g/mol. The van der Waals surface area contributed by atoms with Crippen LogP contribution < -0.4 is 18.9 Å². The number of ether oxygens (including phenoxy) is 8. The predicted molar refractivity (Wildman–Crippen MR) is 145 cm³/mol. The maximum Gasteiger partial charge on any atom is 0.204 e. The molecule has 0 aromatic heterocycles. The average Bonchev–Trinajstić information content (AvgIpc) is 2.94. The van der Waals surface area contributed by atoms with E-state index in [2.05, 4.69) is 0 Å². The van der Waals surface area contributed by atoms with E-state index in [1.807, 2.05) is 37.3 Å². The highest BCUT2D eigenvalue weighted by Crippen LogP contribution is 2.43. The Bertz CT molecular complexity index is 1200. The van der Waals surface area contributed by atoms with Crippen LogP contribution in [0.2, 0.25) is 5.02 Å². The number of hydrogen-bond donors (Lipinski definition) is 0. The third-order valence-corrected chi connectivity index (χ3v) is 5.87. The number of benzene rings is 3. The van der Waals surface area contributed by atoms with Crippen molar-refractivity contribution in [1.29, 1.82) is 0 Å². The molecule has 9 nitrogen and oxygen atoms in total. The summed E-state index contributed by atoms with van der Waals surface area (Å²) in [7, 11) is 5.92. The van der Waals surface area contributed by atoms with Crippen LogP contribution in [0.3, 0.4) is 0 Å². The average molecular weight is 561 g/mol. The first-order valence-corrected chi connectivity index (χ1v) is 12.4. The standard InChI is InChI=1S/C29H33ClO9/c1-19-11-22(37-16-32-2)26(23(12-19)38-17-33-3)28(31)25-21(15-36-14-20-9-7-6-8-10-20)13-24(35-5)27(30)29(25)39-18-34-4/h6-13H,14-18H2,1-5H3. The summed E-state index contributed by atoms with van der Waals surface area (Å²) >= 11 is 6.65. The summed E-state index contributed by atoms with van der Waals surface area (Å²) in [4.78, 5) is 14.4. The molecule has 0 spiro atoms. The molecule has 0 heterocycles. The maximum absolute atomic E-state index is 14.4. The first-order chi connectivity index (χ1) is 18.9. The number of rotatable bonds is 16. The van der Waals surface area contributed by atoms with Crippen molar-refractivity contribution in [2.75, 3.05) is 48.8 Å². The molecule has 0 fully saturated rings. The molecule has 3 aromatic carbocycles. The van der Waals surface area contributed by atoms with Gasteiger partial charge in [-0.2, -0.15) is 0 Å². The number of carbonyl (C=O) groups excluding carboxylic acids is 1. The number of aryl methyl sites for hydroxylation is 1. The first kappa shape index (κ1) is 30.2. The SMILES string of the molecule is COCOc1cc(C)cc(OCOC)c1C(=O)c1c(COCc2ccccc2)cc(OC)c(Cl)c1OCOC. The van der Waals surface area contributed by atoms with Gasteiger partial charge in [0, 0.05) is 21.3 Å². The van der Waals surface area contributed by atoms with Crippen LogP contribution in [-0.4, -0.2) is 54.6 Å². The van der Waals surface area contributed by atoms with Gasteiger partial charge in [0.05, 0.1) is 25.9 Å². The van der Waals surface area contributed by atoms with E-state index < -0.39 is 5.78 Å². The Morgan fingerprint density at radius 3 is 1.90 bits per heavy atom. The Balaban J connectivity index is 2.17. The fraction of sp³-hybridized carbons (Fsp3) is 0.345. The number of ketones is 1. The minimum Gasteiger partial charge on any atom is -0.495 e.